The molecule has 1 aromatic rings. The summed E-state index contributed by atoms with van der Waals surface area (Å²) in [4.78, 5) is 34.2. The number of ether oxygens (including phenoxy) is 2. The number of aromatic nitrogens is 1. The van der Waals surface area contributed by atoms with Gasteiger partial charge in [-0.1, -0.05) is 0 Å². The fourth-order valence-corrected chi connectivity index (χ4v) is 3.03. The molecule has 2 aliphatic rings. The molecule has 8 heteroatoms. The van der Waals surface area contributed by atoms with Crippen molar-refractivity contribution in [2.24, 2.45) is 0 Å². The highest BCUT2D eigenvalue weighted by atomic mass is 16.6. The molecule has 0 aromatic carbocycles. The third kappa shape index (κ3) is 4.19. The molecule has 25 heavy (non-hydrogen) atoms. The van der Waals surface area contributed by atoms with E-state index in [0.29, 0.717) is 64.7 Å². The van der Waals surface area contributed by atoms with Gasteiger partial charge >= 0.3 is 6.09 Å². The Balaban J connectivity index is 1.62. The van der Waals surface area contributed by atoms with Crippen LogP contribution in [0, 0.1) is 0 Å². The Bertz CT molecular complexity index is 610. The maximum Gasteiger partial charge on any atom is 0.409 e. The van der Waals surface area contributed by atoms with E-state index in [1.807, 2.05) is 6.07 Å². The summed E-state index contributed by atoms with van der Waals surface area (Å²) >= 11 is 0. The number of amides is 2. The Kier molecular flexibility index (Phi) is 5.70. The second-order valence-corrected chi connectivity index (χ2v) is 6.01. The molecule has 3 rings (SSSR count). The molecule has 0 saturated carbocycles. The molecular formula is C17H24N4O4. The minimum atomic E-state index is -0.267. The Morgan fingerprint density at radius 2 is 1.80 bits per heavy atom. The van der Waals surface area contributed by atoms with E-state index in [0.717, 1.165) is 5.69 Å². The van der Waals surface area contributed by atoms with Crippen LogP contribution in [0.25, 0.3) is 0 Å². The van der Waals surface area contributed by atoms with Gasteiger partial charge in [-0.3, -0.25) is 9.78 Å². The summed E-state index contributed by atoms with van der Waals surface area (Å²) in [6, 6.07) is 1.88. The molecule has 0 radical (unpaired) electrons. The number of morpholine rings is 1. The summed E-state index contributed by atoms with van der Waals surface area (Å²) in [6.45, 7) is 7.14. The number of hydrogen-bond donors (Lipinski definition) is 0. The monoisotopic (exact) mass is 348 g/mol. The lowest BCUT2D eigenvalue weighted by molar-refractivity contribution is 0.0302. The minimum Gasteiger partial charge on any atom is -0.450 e. The number of piperazine rings is 1. The highest BCUT2D eigenvalue weighted by Crippen LogP contribution is 2.18. The smallest absolute Gasteiger partial charge is 0.409 e. The zero-order chi connectivity index (χ0) is 17.6. The van der Waals surface area contributed by atoms with Gasteiger partial charge in [0.2, 0.25) is 0 Å². The zero-order valence-corrected chi connectivity index (χ0v) is 14.5. The van der Waals surface area contributed by atoms with Crippen LogP contribution in [0.15, 0.2) is 18.5 Å². The van der Waals surface area contributed by atoms with Crippen molar-refractivity contribution in [1.82, 2.24) is 14.8 Å². The second kappa shape index (κ2) is 8.15. The fourth-order valence-electron chi connectivity index (χ4n) is 3.03. The van der Waals surface area contributed by atoms with Crippen molar-refractivity contribution in [3.8, 4) is 0 Å². The summed E-state index contributed by atoms with van der Waals surface area (Å²) in [5.74, 6) is -0.0113. The van der Waals surface area contributed by atoms with Gasteiger partial charge in [-0.05, 0) is 13.0 Å². The van der Waals surface area contributed by atoms with Gasteiger partial charge in [-0.15, -0.1) is 0 Å². The van der Waals surface area contributed by atoms with Gasteiger partial charge < -0.3 is 24.2 Å². The predicted octanol–water partition coefficient (Wildman–Crippen LogP) is 0.833. The van der Waals surface area contributed by atoms with Crippen LogP contribution >= 0.6 is 0 Å². The minimum absolute atomic E-state index is 0.0113. The van der Waals surface area contributed by atoms with E-state index in [9.17, 15) is 9.59 Å². The Morgan fingerprint density at radius 1 is 1.08 bits per heavy atom. The van der Waals surface area contributed by atoms with Crippen LogP contribution in [0.4, 0.5) is 10.5 Å². The van der Waals surface area contributed by atoms with E-state index in [4.69, 9.17) is 9.47 Å². The van der Waals surface area contributed by atoms with Crippen molar-refractivity contribution in [2.45, 2.75) is 6.92 Å². The number of hydrogen-bond acceptors (Lipinski definition) is 6. The van der Waals surface area contributed by atoms with Gasteiger partial charge in [0.1, 0.15) is 0 Å². The van der Waals surface area contributed by atoms with Crippen molar-refractivity contribution in [1.29, 1.82) is 0 Å². The lowest BCUT2D eigenvalue weighted by Gasteiger charge is -2.35. The van der Waals surface area contributed by atoms with Crippen LogP contribution in [0.1, 0.15) is 17.3 Å². The quantitative estimate of drug-likeness (QED) is 0.806. The number of pyridine rings is 1. The van der Waals surface area contributed by atoms with E-state index in [1.54, 1.807) is 29.1 Å². The standard InChI is InChI=1S/C17H24N4O4/c1-2-25-17(23)21-5-3-19(4-6-21)15-11-14(12-18-13-15)16(22)20-7-9-24-10-8-20/h11-13H,2-10H2,1H3. The van der Waals surface area contributed by atoms with E-state index in [1.165, 1.54) is 0 Å². The first-order valence-electron chi connectivity index (χ1n) is 8.67. The third-order valence-electron chi connectivity index (χ3n) is 4.44. The van der Waals surface area contributed by atoms with Gasteiger partial charge in [0.25, 0.3) is 5.91 Å². The van der Waals surface area contributed by atoms with Crippen LogP contribution in [0.3, 0.4) is 0 Å². The largest absolute Gasteiger partial charge is 0.450 e. The third-order valence-corrected chi connectivity index (χ3v) is 4.44. The summed E-state index contributed by atoms with van der Waals surface area (Å²) < 4.78 is 10.3. The average Bonchev–Trinajstić information content (AvgIpc) is 2.68. The van der Waals surface area contributed by atoms with Crippen molar-refractivity contribution >= 4 is 17.7 Å². The maximum absolute atomic E-state index is 12.6. The zero-order valence-electron chi connectivity index (χ0n) is 14.5. The summed E-state index contributed by atoms with van der Waals surface area (Å²) in [5.41, 5.74) is 1.50. The first kappa shape index (κ1) is 17.5. The van der Waals surface area contributed by atoms with Gasteiger partial charge in [0.05, 0.1) is 37.3 Å². The van der Waals surface area contributed by atoms with Crippen molar-refractivity contribution in [3.05, 3.63) is 24.0 Å². The summed E-state index contributed by atoms with van der Waals surface area (Å²) in [6.07, 6.45) is 3.10. The van der Waals surface area contributed by atoms with Gasteiger partial charge in [-0.25, -0.2) is 4.79 Å². The van der Waals surface area contributed by atoms with Crippen molar-refractivity contribution in [3.63, 3.8) is 0 Å². The number of anilines is 1. The molecule has 2 aliphatic heterocycles. The van der Waals surface area contributed by atoms with E-state index >= 15 is 0 Å². The second-order valence-electron chi connectivity index (χ2n) is 6.01. The normalized spacial score (nSPS) is 18.2. The SMILES string of the molecule is CCOC(=O)N1CCN(c2cncc(C(=O)N3CCOCC3)c2)CC1. The molecule has 0 bridgehead atoms. The topological polar surface area (TPSA) is 75.2 Å². The van der Waals surface area contributed by atoms with Crippen LogP contribution in [0.2, 0.25) is 0 Å². The molecule has 0 N–H and O–H groups in total. The predicted molar refractivity (Wildman–Crippen MR) is 91.8 cm³/mol. The van der Waals surface area contributed by atoms with Gasteiger partial charge in [0.15, 0.2) is 0 Å². The highest BCUT2D eigenvalue weighted by molar-refractivity contribution is 5.94. The Morgan fingerprint density at radius 3 is 2.48 bits per heavy atom. The molecule has 0 spiro atoms. The molecule has 136 valence electrons. The molecule has 8 nitrogen and oxygen atoms in total. The Hall–Kier alpha value is -2.35. The molecule has 0 aliphatic carbocycles. The molecule has 3 heterocycles. The van der Waals surface area contributed by atoms with Gasteiger partial charge in [0, 0.05) is 45.5 Å². The summed E-state index contributed by atoms with van der Waals surface area (Å²) in [5, 5.41) is 0. The molecule has 1 aromatic heterocycles. The first-order chi connectivity index (χ1) is 12.2. The Labute approximate surface area is 147 Å². The maximum atomic E-state index is 12.6. The fraction of sp³-hybridized carbons (Fsp3) is 0.588. The van der Waals surface area contributed by atoms with E-state index in [-0.39, 0.29) is 12.0 Å². The van der Waals surface area contributed by atoms with Crippen molar-refractivity contribution < 1.29 is 19.1 Å². The lowest BCUT2D eigenvalue weighted by atomic mass is 10.2. The molecule has 2 amide bonds. The van der Waals surface area contributed by atoms with Crippen LogP contribution in [-0.2, 0) is 9.47 Å². The van der Waals surface area contributed by atoms with Crippen LogP contribution in [0.5, 0.6) is 0 Å². The molecular weight excluding hydrogens is 324 g/mol. The number of nitrogens with zero attached hydrogens (tertiary/aromatic N) is 4. The van der Waals surface area contributed by atoms with E-state index < -0.39 is 0 Å². The lowest BCUT2D eigenvalue weighted by Crippen LogP contribution is -2.49. The first-order valence-corrected chi connectivity index (χ1v) is 8.67. The number of carbonyl (C=O) groups excluding carboxylic acids is 2. The molecule has 2 saturated heterocycles. The number of rotatable bonds is 3. The van der Waals surface area contributed by atoms with E-state index in [2.05, 4.69) is 9.88 Å². The highest BCUT2D eigenvalue weighted by Gasteiger charge is 2.24. The average molecular weight is 348 g/mol. The van der Waals surface area contributed by atoms with Gasteiger partial charge in [-0.2, -0.15) is 0 Å². The summed E-state index contributed by atoms with van der Waals surface area (Å²) in [7, 11) is 0. The molecule has 0 unspecified atom stereocenters. The van der Waals surface area contributed by atoms with Crippen LogP contribution in [-0.4, -0.2) is 85.9 Å². The van der Waals surface area contributed by atoms with Crippen LogP contribution < -0.4 is 4.90 Å². The number of carbonyl (C=O) groups is 2. The molecule has 2 fully saturated rings. The van der Waals surface area contributed by atoms with Crippen molar-refractivity contribution in [2.75, 3.05) is 64.0 Å². The molecule has 0 atom stereocenters.